The van der Waals surface area contributed by atoms with E-state index in [0.29, 0.717) is 23.8 Å². The third-order valence-electron chi connectivity index (χ3n) is 5.31. The third kappa shape index (κ3) is 3.17. The number of carbonyl (C=O) groups excluding carboxylic acids is 1. The number of hydrogen-bond acceptors (Lipinski definition) is 4. The van der Waals surface area contributed by atoms with Gasteiger partial charge in [-0.1, -0.05) is 0 Å². The molecule has 0 saturated carbocycles. The number of aryl methyl sites for hydroxylation is 1. The Labute approximate surface area is 137 Å². The molecular weight excluding hydrogens is 292 g/mol. The smallest absolute Gasteiger partial charge is 0.274 e. The zero-order chi connectivity index (χ0) is 16.6. The number of likely N-dealkylation sites (tertiary alicyclic amines) is 2. The molecule has 1 amide bonds. The predicted octanol–water partition coefficient (Wildman–Crippen LogP) is 1.26. The van der Waals surface area contributed by atoms with Crippen LogP contribution in [-0.2, 0) is 7.05 Å². The van der Waals surface area contributed by atoms with Crippen molar-refractivity contribution < 1.29 is 4.79 Å². The van der Waals surface area contributed by atoms with Crippen LogP contribution < -0.4 is 5.56 Å². The Bertz CT molecular complexity index is 632. The van der Waals surface area contributed by atoms with Gasteiger partial charge in [-0.05, 0) is 45.6 Å². The minimum absolute atomic E-state index is 0.0650. The van der Waals surface area contributed by atoms with Crippen LogP contribution in [0, 0.1) is 0 Å². The highest BCUT2D eigenvalue weighted by molar-refractivity contribution is 5.92. The molecule has 3 atom stereocenters. The summed E-state index contributed by atoms with van der Waals surface area (Å²) in [5.74, 6) is -0.0650. The molecule has 1 aromatic rings. The number of amides is 1. The largest absolute Gasteiger partial charge is 0.336 e. The molecule has 6 heteroatoms. The molecule has 0 N–H and O–H groups in total. The molecule has 23 heavy (non-hydrogen) atoms. The summed E-state index contributed by atoms with van der Waals surface area (Å²) in [7, 11) is 1.58. The molecule has 6 nitrogen and oxygen atoms in total. The van der Waals surface area contributed by atoms with E-state index in [1.807, 2.05) is 4.90 Å². The Hall–Kier alpha value is -1.69. The maximum Gasteiger partial charge on any atom is 0.274 e. The van der Waals surface area contributed by atoms with Crippen LogP contribution in [0.2, 0.25) is 0 Å². The van der Waals surface area contributed by atoms with Gasteiger partial charge in [0.25, 0.3) is 11.5 Å². The lowest BCUT2D eigenvalue weighted by molar-refractivity contribution is 0.0480. The van der Waals surface area contributed by atoms with Crippen molar-refractivity contribution in [1.82, 2.24) is 19.6 Å². The fourth-order valence-corrected chi connectivity index (χ4v) is 4.10. The first-order chi connectivity index (χ1) is 11.0. The highest BCUT2D eigenvalue weighted by Gasteiger charge is 2.36. The Morgan fingerprint density at radius 1 is 1.17 bits per heavy atom. The zero-order valence-corrected chi connectivity index (χ0v) is 14.2. The molecule has 0 bridgehead atoms. The van der Waals surface area contributed by atoms with Gasteiger partial charge in [-0.15, -0.1) is 0 Å². The topological polar surface area (TPSA) is 58.4 Å². The van der Waals surface area contributed by atoms with E-state index in [-0.39, 0.29) is 11.5 Å². The predicted molar refractivity (Wildman–Crippen MR) is 88.4 cm³/mol. The lowest BCUT2D eigenvalue weighted by atomic mass is 10.0. The average Bonchev–Trinajstić information content (AvgIpc) is 2.88. The van der Waals surface area contributed by atoms with Gasteiger partial charge in [-0.3, -0.25) is 14.5 Å². The fourth-order valence-electron chi connectivity index (χ4n) is 4.10. The van der Waals surface area contributed by atoms with Gasteiger partial charge >= 0.3 is 0 Å². The van der Waals surface area contributed by atoms with Crippen molar-refractivity contribution in [3.8, 4) is 0 Å². The second kappa shape index (κ2) is 6.43. The molecule has 2 aliphatic heterocycles. The van der Waals surface area contributed by atoms with Crippen LogP contribution in [0.1, 0.15) is 50.0 Å². The van der Waals surface area contributed by atoms with E-state index in [1.165, 1.54) is 29.7 Å². The summed E-state index contributed by atoms with van der Waals surface area (Å²) in [6.07, 6.45) is 4.67. The maximum absolute atomic E-state index is 12.7. The van der Waals surface area contributed by atoms with E-state index in [1.54, 1.807) is 7.05 Å². The normalized spacial score (nSPS) is 29.0. The quantitative estimate of drug-likeness (QED) is 0.824. The molecule has 2 fully saturated rings. The number of hydrogen-bond donors (Lipinski definition) is 0. The molecule has 2 aliphatic rings. The van der Waals surface area contributed by atoms with Crippen molar-refractivity contribution in [2.24, 2.45) is 7.05 Å². The summed E-state index contributed by atoms with van der Waals surface area (Å²) in [6, 6.07) is 4.58. The molecule has 0 spiro atoms. The Morgan fingerprint density at radius 2 is 1.87 bits per heavy atom. The Kier molecular flexibility index (Phi) is 4.53. The van der Waals surface area contributed by atoms with Crippen molar-refractivity contribution in [3.05, 3.63) is 28.2 Å². The van der Waals surface area contributed by atoms with Crippen LogP contribution >= 0.6 is 0 Å². The first kappa shape index (κ1) is 16.2. The molecule has 0 unspecified atom stereocenters. The number of piperidine rings is 1. The van der Waals surface area contributed by atoms with Crippen LogP contribution in [0.5, 0.6) is 0 Å². The second-order valence-electron chi connectivity index (χ2n) is 6.95. The van der Waals surface area contributed by atoms with Crippen molar-refractivity contribution >= 4 is 5.91 Å². The minimum atomic E-state index is -0.196. The van der Waals surface area contributed by atoms with E-state index < -0.39 is 0 Å². The number of aromatic nitrogens is 2. The minimum Gasteiger partial charge on any atom is -0.336 e. The van der Waals surface area contributed by atoms with Crippen molar-refractivity contribution in [2.45, 2.75) is 57.7 Å². The summed E-state index contributed by atoms with van der Waals surface area (Å²) in [6.45, 7) is 6.12. The number of rotatable bonds is 2. The lowest BCUT2D eigenvalue weighted by Crippen LogP contribution is -2.52. The van der Waals surface area contributed by atoms with E-state index in [0.717, 1.165) is 25.9 Å². The van der Waals surface area contributed by atoms with E-state index in [4.69, 9.17) is 0 Å². The maximum atomic E-state index is 12.7. The van der Waals surface area contributed by atoms with Crippen LogP contribution in [0.4, 0.5) is 0 Å². The molecular formula is C17H26N4O2. The highest BCUT2D eigenvalue weighted by Crippen LogP contribution is 2.30. The first-order valence-corrected chi connectivity index (χ1v) is 8.58. The summed E-state index contributed by atoms with van der Waals surface area (Å²) in [5, 5.41) is 4.10. The third-order valence-corrected chi connectivity index (χ3v) is 5.31. The Morgan fingerprint density at radius 3 is 2.52 bits per heavy atom. The molecule has 1 aromatic heterocycles. The second-order valence-corrected chi connectivity index (χ2v) is 6.95. The first-order valence-electron chi connectivity index (χ1n) is 8.58. The van der Waals surface area contributed by atoms with Gasteiger partial charge in [-0.25, -0.2) is 4.68 Å². The molecule has 3 heterocycles. The monoisotopic (exact) mass is 318 g/mol. The highest BCUT2D eigenvalue weighted by atomic mass is 16.2. The Balaban J connectivity index is 1.74. The van der Waals surface area contributed by atoms with Gasteiger partial charge in [-0.2, -0.15) is 5.10 Å². The van der Waals surface area contributed by atoms with Gasteiger partial charge in [0.05, 0.1) is 0 Å². The summed E-state index contributed by atoms with van der Waals surface area (Å²) >= 11 is 0. The average molecular weight is 318 g/mol. The molecule has 0 aliphatic carbocycles. The zero-order valence-electron chi connectivity index (χ0n) is 14.2. The standard InChI is InChI=1S/C17H26N4O2/c1-12-6-7-13(2)21(12)14-5-4-10-20(11-14)17(23)15-8-9-16(22)19(3)18-15/h8-9,12-14H,4-7,10-11H2,1-3H3/t12-,13+,14-/m1/s1. The summed E-state index contributed by atoms with van der Waals surface area (Å²) in [4.78, 5) is 28.6. The van der Waals surface area contributed by atoms with Crippen molar-refractivity contribution in [2.75, 3.05) is 13.1 Å². The molecule has 2 saturated heterocycles. The summed E-state index contributed by atoms with van der Waals surface area (Å²) in [5.41, 5.74) is 0.160. The molecule has 126 valence electrons. The van der Waals surface area contributed by atoms with Gasteiger partial charge in [0.2, 0.25) is 0 Å². The van der Waals surface area contributed by atoms with E-state index >= 15 is 0 Å². The molecule has 3 rings (SSSR count). The van der Waals surface area contributed by atoms with Gasteiger partial charge in [0, 0.05) is 44.3 Å². The number of carbonyl (C=O) groups is 1. The van der Waals surface area contributed by atoms with E-state index in [2.05, 4.69) is 23.8 Å². The fraction of sp³-hybridized carbons (Fsp3) is 0.706. The SMILES string of the molecule is C[C@@H]1CC[C@H](C)N1[C@@H]1CCCN(C(=O)c2ccc(=O)n(C)n2)C1. The van der Waals surface area contributed by atoms with Crippen LogP contribution in [0.15, 0.2) is 16.9 Å². The van der Waals surface area contributed by atoms with Crippen LogP contribution in [0.25, 0.3) is 0 Å². The van der Waals surface area contributed by atoms with Crippen LogP contribution in [0.3, 0.4) is 0 Å². The van der Waals surface area contributed by atoms with Crippen LogP contribution in [-0.4, -0.2) is 56.7 Å². The summed E-state index contributed by atoms with van der Waals surface area (Å²) < 4.78 is 1.22. The van der Waals surface area contributed by atoms with Gasteiger partial charge in [0.15, 0.2) is 0 Å². The molecule has 0 aromatic carbocycles. The van der Waals surface area contributed by atoms with Crippen molar-refractivity contribution in [1.29, 1.82) is 0 Å². The molecule has 0 radical (unpaired) electrons. The number of nitrogens with zero attached hydrogens (tertiary/aromatic N) is 4. The van der Waals surface area contributed by atoms with E-state index in [9.17, 15) is 9.59 Å². The van der Waals surface area contributed by atoms with Crippen molar-refractivity contribution in [3.63, 3.8) is 0 Å². The lowest BCUT2D eigenvalue weighted by Gasteiger charge is -2.41. The van der Waals surface area contributed by atoms with Gasteiger partial charge in [0.1, 0.15) is 5.69 Å². The van der Waals surface area contributed by atoms with Gasteiger partial charge < -0.3 is 4.90 Å².